The van der Waals surface area contributed by atoms with E-state index in [0.717, 1.165) is 10.0 Å². The molecule has 1 aromatic heterocycles. The third-order valence-corrected chi connectivity index (χ3v) is 6.33. The van der Waals surface area contributed by atoms with Gasteiger partial charge in [-0.25, -0.2) is 0 Å². The average molecular weight is 498 g/mol. The molecule has 2 heterocycles. The second-order valence-electron chi connectivity index (χ2n) is 8.81. The van der Waals surface area contributed by atoms with E-state index in [1.807, 2.05) is 26.0 Å². The van der Waals surface area contributed by atoms with Crippen LogP contribution in [0.1, 0.15) is 73.3 Å². The van der Waals surface area contributed by atoms with Crippen molar-refractivity contribution in [3.63, 3.8) is 0 Å². The van der Waals surface area contributed by atoms with Gasteiger partial charge >= 0.3 is 0 Å². The molecule has 0 bridgehead atoms. The molecule has 1 amide bonds. The van der Waals surface area contributed by atoms with Crippen molar-refractivity contribution in [3.05, 3.63) is 79.6 Å². The highest BCUT2D eigenvalue weighted by molar-refractivity contribution is 9.10. The highest BCUT2D eigenvalue weighted by atomic mass is 79.9. The molecule has 4 rings (SSSR count). The van der Waals surface area contributed by atoms with Crippen molar-refractivity contribution in [1.29, 1.82) is 0 Å². The van der Waals surface area contributed by atoms with E-state index in [4.69, 9.17) is 9.15 Å². The van der Waals surface area contributed by atoms with Crippen molar-refractivity contribution in [2.24, 2.45) is 0 Å². The lowest BCUT2D eigenvalue weighted by atomic mass is 9.95. The molecule has 3 aromatic rings. The third kappa shape index (κ3) is 4.26. The van der Waals surface area contributed by atoms with Crippen molar-refractivity contribution in [2.75, 3.05) is 13.2 Å². The summed E-state index contributed by atoms with van der Waals surface area (Å²) >= 11 is 3.43. The van der Waals surface area contributed by atoms with E-state index in [1.165, 1.54) is 5.56 Å². The van der Waals surface area contributed by atoms with Gasteiger partial charge in [-0.05, 0) is 55.5 Å². The lowest BCUT2D eigenvalue weighted by molar-refractivity contribution is 0.0593. The topological polar surface area (TPSA) is 59.8 Å². The summed E-state index contributed by atoms with van der Waals surface area (Å²) in [5.74, 6) is 0.300. The van der Waals surface area contributed by atoms with E-state index in [9.17, 15) is 9.59 Å². The van der Waals surface area contributed by atoms with E-state index < -0.39 is 6.04 Å². The van der Waals surface area contributed by atoms with Crippen LogP contribution in [-0.4, -0.2) is 30.1 Å². The number of amides is 1. The van der Waals surface area contributed by atoms with Crippen LogP contribution in [0, 0.1) is 0 Å². The highest BCUT2D eigenvalue weighted by Crippen LogP contribution is 2.38. The summed E-state index contributed by atoms with van der Waals surface area (Å²) in [5, 5.41) is 0.472. The van der Waals surface area contributed by atoms with Crippen molar-refractivity contribution in [2.45, 2.75) is 52.2 Å². The molecule has 1 aliphatic rings. The summed E-state index contributed by atoms with van der Waals surface area (Å²) in [4.78, 5) is 28.7. The number of ether oxygens (including phenoxy) is 1. The standard InChI is InChI=1S/C26H28BrNO4/c1-15(2)17-6-8-18(9-7-17)23-22-24(29)20-14-19(27)10-11-21(20)32-25(22)26(30)28(23)12-5-13-31-16(3)4/h6-11,14-16,23H,5,12-13H2,1-4H3/t23-/m1/s1. The fraction of sp³-hybridized carbons (Fsp3) is 0.385. The molecule has 168 valence electrons. The Morgan fingerprint density at radius 2 is 1.78 bits per heavy atom. The van der Waals surface area contributed by atoms with Crippen LogP contribution in [0.5, 0.6) is 0 Å². The van der Waals surface area contributed by atoms with Crippen LogP contribution in [0.15, 0.2) is 56.1 Å². The van der Waals surface area contributed by atoms with E-state index in [0.29, 0.717) is 42.0 Å². The van der Waals surface area contributed by atoms with Crippen LogP contribution in [0.25, 0.3) is 11.0 Å². The lowest BCUT2D eigenvalue weighted by Crippen LogP contribution is -2.31. The predicted molar refractivity (Wildman–Crippen MR) is 129 cm³/mol. The van der Waals surface area contributed by atoms with Crippen molar-refractivity contribution in [3.8, 4) is 0 Å². The largest absolute Gasteiger partial charge is 0.450 e. The summed E-state index contributed by atoms with van der Waals surface area (Å²) in [6, 6.07) is 13.0. The van der Waals surface area contributed by atoms with E-state index in [-0.39, 0.29) is 23.2 Å². The molecule has 1 aliphatic heterocycles. The lowest BCUT2D eigenvalue weighted by Gasteiger charge is -2.25. The Hall–Kier alpha value is -2.44. The molecule has 32 heavy (non-hydrogen) atoms. The van der Waals surface area contributed by atoms with Gasteiger partial charge in [0, 0.05) is 17.6 Å². The quantitative estimate of drug-likeness (QED) is 0.373. The first-order valence-electron chi connectivity index (χ1n) is 11.1. The minimum atomic E-state index is -0.475. The van der Waals surface area contributed by atoms with E-state index in [2.05, 4.69) is 41.9 Å². The van der Waals surface area contributed by atoms with Gasteiger partial charge in [0.05, 0.1) is 23.1 Å². The normalized spacial score (nSPS) is 15.9. The third-order valence-electron chi connectivity index (χ3n) is 5.84. The molecule has 1 atom stereocenters. The first-order chi connectivity index (χ1) is 15.3. The molecular weight excluding hydrogens is 470 g/mol. The number of hydrogen-bond acceptors (Lipinski definition) is 4. The van der Waals surface area contributed by atoms with Crippen LogP contribution in [0.3, 0.4) is 0 Å². The molecule has 0 aliphatic carbocycles. The number of carbonyl (C=O) groups excluding carboxylic acids is 1. The zero-order valence-electron chi connectivity index (χ0n) is 18.9. The summed E-state index contributed by atoms with van der Waals surface area (Å²) in [6.07, 6.45) is 0.811. The number of halogens is 1. The number of fused-ring (bicyclic) bond motifs is 2. The fourth-order valence-corrected chi connectivity index (χ4v) is 4.55. The molecule has 0 unspecified atom stereocenters. The predicted octanol–water partition coefficient (Wildman–Crippen LogP) is 6.04. The second-order valence-corrected chi connectivity index (χ2v) is 9.73. The number of carbonyl (C=O) groups is 1. The van der Waals surface area contributed by atoms with Gasteiger partial charge in [0.2, 0.25) is 5.76 Å². The van der Waals surface area contributed by atoms with E-state index >= 15 is 0 Å². The molecule has 5 nitrogen and oxygen atoms in total. The summed E-state index contributed by atoms with van der Waals surface area (Å²) in [7, 11) is 0. The molecular formula is C26H28BrNO4. The Morgan fingerprint density at radius 1 is 1.06 bits per heavy atom. The van der Waals surface area contributed by atoms with Gasteiger partial charge in [0.1, 0.15) is 5.58 Å². The molecule has 0 saturated carbocycles. The zero-order valence-corrected chi connectivity index (χ0v) is 20.4. The van der Waals surface area contributed by atoms with Gasteiger partial charge in [-0.15, -0.1) is 0 Å². The first kappa shape index (κ1) is 22.7. The molecule has 2 aromatic carbocycles. The Morgan fingerprint density at radius 3 is 2.44 bits per heavy atom. The Labute approximate surface area is 196 Å². The number of nitrogens with zero attached hydrogens (tertiary/aromatic N) is 1. The Bertz CT molecular complexity index is 1200. The number of rotatable bonds is 7. The monoisotopic (exact) mass is 497 g/mol. The molecule has 0 N–H and O–H groups in total. The fourth-order valence-electron chi connectivity index (χ4n) is 4.19. The maximum atomic E-state index is 13.6. The molecule has 0 fully saturated rings. The highest BCUT2D eigenvalue weighted by Gasteiger charge is 2.42. The SMILES string of the molecule is CC(C)OCCCN1C(=O)c2oc3ccc(Br)cc3c(=O)c2[C@H]1c1ccc(C(C)C)cc1. The van der Waals surface area contributed by atoms with Crippen molar-refractivity contribution in [1.82, 2.24) is 4.90 Å². The van der Waals surface area contributed by atoms with Crippen LogP contribution in [0.2, 0.25) is 0 Å². The van der Waals surface area contributed by atoms with Crippen LogP contribution in [0.4, 0.5) is 0 Å². The minimum Gasteiger partial charge on any atom is -0.450 e. The van der Waals surface area contributed by atoms with Crippen LogP contribution in [-0.2, 0) is 4.74 Å². The summed E-state index contributed by atoms with van der Waals surface area (Å²) < 4.78 is 12.5. The Balaban J connectivity index is 1.80. The van der Waals surface area contributed by atoms with Gasteiger partial charge in [-0.2, -0.15) is 0 Å². The van der Waals surface area contributed by atoms with Gasteiger partial charge in [0.15, 0.2) is 5.43 Å². The van der Waals surface area contributed by atoms with Crippen molar-refractivity contribution < 1.29 is 13.9 Å². The maximum absolute atomic E-state index is 13.6. The van der Waals surface area contributed by atoms with Gasteiger partial charge < -0.3 is 14.1 Å². The second kappa shape index (κ2) is 9.20. The molecule has 6 heteroatoms. The number of hydrogen-bond donors (Lipinski definition) is 0. The van der Waals surface area contributed by atoms with Gasteiger partial charge in [-0.1, -0.05) is 54.0 Å². The average Bonchev–Trinajstić information content (AvgIpc) is 3.04. The van der Waals surface area contributed by atoms with Crippen LogP contribution >= 0.6 is 15.9 Å². The molecule has 0 spiro atoms. The Kier molecular flexibility index (Phi) is 6.54. The minimum absolute atomic E-state index is 0.132. The molecule has 0 radical (unpaired) electrons. The smallest absolute Gasteiger partial charge is 0.290 e. The maximum Gasteiger partial charge on any atom is 0.290 e. The van der Waals surface area contributed by atoms with Crippen molar-refractivity contribution >= 4 is 32.8 Å². The van der Waals surface area contributed by atoms with Crippen LogP contribution < -0.4 is 5.43 Å². The molecule has 0 saturated heterocycles. The first-order valence-corrected chi connectivity index (χ1v) is 11.9. The summed E-state index contributed by atoms with van der Waals surface area (Å²) in [5.41, 5.74) is 2.80. The van der Waals surface area contributed by atoms with Gasteiger partial charge in [0.25, 0.3) is 5.91 Å². The van der Waals surface area contributed by atoms with Gasteiger partial charge in [-0.3, -0.25) is 9.59 Å². The number of benzene rings is 2. The van der Waals surface area contributed by atoms with E-state index in [1.54, 1.807) is 23.1 Å². The zero-order chi connectivity index (χ0) is 23.0. The summed E-state index contributed by atoms with van der Waals surface area (Å²) in [6.45, 7) is 9.29.